The minimum atomic E-state index is -1.22. The molecular formula is C21H24FN5O5. The lowest BCUT2D eigenvalue weighted by Crippen LogP contribution is -2.48. The van der Waals surface area contributed by atoms with Crippen molar-refractivity contribution in [3.05, 3.63) is 53.6 Å². The standard InChI is InChI=1S/C21H24FN5O5/c1-14-5-6-16(11-23-14)24-20(30)25-17-4-2-3-15(19(17)22)12-26-7-9-27(10-8-26)21(31)32-13-18(28)29/h2-6,11H,7-10,12-13H2,1H3,(H,28,29)(H2,24,25,30). The third-order valence-electron chi connectivity index (χ3n) is 4.84. The number of amides is 3. The van der Waals surface area contributed by atoms with Crippen LogP contribution >= 0.6 is 0 Å². The first kappa shape index (κ1) is 22.9. The first-order valence-corrected chi connectivity index (χ1v) is 9.95. The normalized spacial score (nSPS) is 14.0. The van der Waals surface area contributed by atoms with E-state index < -0.39 is 30.5 Å². The van der Waals surface area contributed by atoms with Gasteiger partial charge in [0, 0.05) is 44.0 Å². The molecule has 2 aromatic rings. The van der Waals surface area contributed by atoms with Gasteiger partial charge in [-0.2, -0.15) is 0 Å². The number of aromatic nitrogens is 1. The number of hydrogen-bond donors (Lipinski definition) is 3. The Hall–Kier alpha value is -3.73. The maximum atomic E-state index is 14.9. The number of nitrogens with one attached hydrogen (secondary N) is 2. The van der Waals surface area contributed by atoms with E-state index in [1.54, 1.807) is 24.3 Å². The van der Waals surface area contributed by atoms with Crippen LogP contribution in [0.2, 0.25) is 0 Å². The second kappa shape index (κ2) is 10.5. The predicted octanol–water partition coefficient (Wildman–Crippen LogP) is 2.51. The molecule has 1 aromatic carbocycles. The number of rotatable bonds is 6. The summed E-state index contributed by atoms with van der Waals surface area (Å²) in [5.41, 5.74) is 1.76. The fraction of sp³-hybridized carbons (Fsp3) is 0.333. The monoisotopic (exact) mass is 445 g/mol. The lowest BCUT2D eigenvalue weighted by Gasteiger charge is -2.34. The van der Waals surface area contributed by atoms with Crippen LogP contribution in [0.25, 0.3) is 0 Å². The van der Waals surface area contributed by atoms with Crippen molar-refractivity contribution in [3.8, 4) is 0 Å². The molecule has 1 aromatic heterocycles. The zero-order chi connectivity index (χ0) is 23.1. The summed E-state index contributed by atoms with van der Waals surface area (Å²) >= 11 is 0. The number of piperazine rings is 1. The van der Waals surface area contributed by atoms with Crippen LogP contribution in [-0.4, -0.2) is 70.8 Å². The highest BCUT2D eigenvalue weighted by Gasteiger charge is 2.23. The van der Waals surface area contributed by atoms with Gasteiger partial charge in [0.25, 0.3) is 0 Å². The van der Waals surface area contributed by atoms with Gasteiger partial charge in [0.05, 0.1) is 17.6 Å². The van der Waals surface area contributed by atoms with Crippen LogP contribution < -0.4 is 10.6 Å². The molecule has 32 heavy (non-hydrogen) atoms. The Morgan fingerprint density at radius 3 is 2.53 bits per heavy atom. The minimum Gasteiger partial charge on any atom is -0.479 e. The summed E-state index contributed by atoms with van der Waals surface area (Å²) in [4.78, 5) is 42.0. The number of carboxylic acids is 1. The highest BCUT2D eigenvalue weighted by atomic mass is 19.1. The van der Waals surface area contributed by atoms with Crippen LogP contribution in [0.4, 0.5) is 25.4 Å². The molecular weight excluding hydrogens is 421 g/mol. The van der Waals surface area contributed by atoms with Crippen molar-refractivity contribution >= 4 is 29.5 Å². The summed E-state index contributed by atoms with van der Waals surface area (Å²) in [6, 6.07) is 7.63. The molecule has 0 spiro atoms. The summed E-state index contributed by atoms with van der Waals surface area (Å²) in [5.74, 6) is -1.75. The number of carboxylic acid groups (broad SMARTS) is 1. The van der Waals surface area contributed by atoms with E-state index in [4.69, 9.17) is 5.11 Å². The van der Waals surface area contributed by atoms with Crippen molar-refractivity contribution in [2.45, 2.75) is 13.5 Å². The first-order valence-electron chi connectivity index (χ1n) is 9.95. The molecule has 0 radical (unpaired) electrons. The van der Waals surface area contributed by atoms with Crippen molar-refractivity contribution in [1.82, 2.24) is 14.8 Å². The highest BCUT2D eigenvalue weighted by molar-refractivity contribution is 5.99. The Morgan fingerprint density at radius 1 is 1.12 bits per heavy atom. The van der Waals surface area contributed by atoms with Gasteiger partial charge in [0.2, 0.25) is 0 Å². The molecule has 0 saturated carbocycles. The van der Waals surface area contributed by atoms with E-state index in [9.17, 15) is 18.8 Å². The number of hydrogen-bond acceptors (Lipinski definition) is 6. The quantitative estimate of drug-likeness (QED) is 0.624. The molecule has 0 unspecified atom stereocenters. The van der Waals surface area contributed by atoms with Crippen LogP contribution in [-0.2, 0) is 16.1 Å². The summed E-state index contributed by atoms with van der Waals surface area (Å²) < 4.78 is 19.6. The molecule has 3 N–H and O–H groups in total. The molecule has 1 saturated heterocycles. The molecule has 1 aliphatic heterocycles. The van der Waals surface area contributed by atoms with Crippen LogP contribution in [0.3, 0.4) is 0 Å². The van der Waals surface area contributed by atoms with Crippen LogP contribution in [0.5, 0.6) is 0 Å². The topological polar surface area (TPSA) is 124 Å². The Morgan fingerprint density at radius 2 is 1.88 bits per heavy atom. The van der Waals surface area contributed by atoms with Gasteiger partial charge in [0.1, 0.15) is 0 Å². The van der Waals surface area contributed by atoms with Crippen molar-refractivity contribution < 1.29 is 28.6 Å². The highest BCUT2D eigenvalue weighted by Crippen LogP contribution is 2.21. The van der Waals surface area contributed by atoms with E-state index in [1.165, 1.54) is 17.2 Å². The lowest BCUT2D eigenvalue weighted by molar-refractivity contribution is -0.140. The number of benzene rings is 1. The number of carbonyl (C=O) groups is 3. The Kier molecular flexibility index (Phi) is 7.55. The number of urea groups is 1. The van der Waals surface area contributed by atoms with E-state index >= 15 is 0 Å². The number of anilines is 2. The van der Waals surface area contributed by atoms with Gasteiger partial charge < -0.3 is 25.4 Å². The van der Waals surface area contributed by atoms with Gasteiger partial charge in [-0.1, -0.05) is 12.1 Å². The van der Waals surface area contributed by atoms with Crippen molar-refractivity contribution in [2.24, 2.45) is 0 Å². The summed E-state index contributed by atoms with van der Waals surface area (Å²) in [6.45, 7) is 3.06. The van der Waals surface area contributed by atoms with Crippen LogP contribution in [0, 0.1) is 12.7 Å². The molecule has 0 aliphatic carbocycles. The third kappa shape index (κ3) is 6.38. The summed E-state index contributed by atoms with van der Waals surface area (Å²) in [5, 5.41) is 13.7. The number of carbonyl (C=O) groups excluding carboxylic acids is 2. The van der Waals surface area contributed by atoms with Crippen LogP contribution in [0.1, 0.15) is 11.3 Å². The minimum absolute atomic E-state index is 0.0518. The number of ether oxygens (including phenoxy) is 1. The molecule has 11 heteroatoms. The average molecular weight is 445 g/mol. The number of aliphatic carboxylic acids is 1. The molecule has 0 atom stereocenters. The Balaban J connectivity index is 1.53. The SMILES string of the molecule is Cc1ccc(NC(=O)Nc2cccc(CN3CCN(C(=O)OCC(=O)O)CC3)c2F)cn1. The second-order valence-electron chi connectivity index (χ2n) is 7.26. The average Bonchev–Trinajstić information content (AvgIpc) is 2.77. The van der Waals surface area contributed by atoms with E-state index in [0.29, 0.717) is 44.0 Å². The lowest BCUT2D eigenvalue weighted by atomic mass is 10.1. The molecule has 2 heterocycles. The van der Waals surface area contributed by atoms with Crippen molar-refractivity contribution in [3.63, 3.8) is 0 Å². The van der Waals surface area contributed by atoms with E-state index in [1.807, 2.05) is 11.8 Å². The zero-order valence-electron chi connectivity index (χ0n) is 17.5. The predicted molar refractivity (Wildman–Crippen MR) is 114 cm³/mol. The Labute approximate surface area is 184 Å². The number of pyridine rings is 1. The van der Waals surface area contributed by atoms with Gasteiger partial charge in [0.15, 0.2) is 12.4 Å². The van der Waals surface area contributed by atoms with Gasteiger partial charge in [-0.3, -0.25) is 9.88 Å². The number of aryl methyl sites for hydroxylation is 1. The van der Waals surface area contributed by atoms with E-state index in [-0.39, 0.29) is 5.69 Å². The molecule has 1 aliphatic rings. The fourth-order valence-electron chi connectivity index (χ4n) is 3.17. The fourth-order valence-corrected chi connectivity index (χ4v) is 3.17. The molecule has 10 nitrogen and oxygen atoms in total. The molecule has 3 amide bonds. The van der Waals surface area contributed by atoms with E-state index in [2.05, 4.69) is 20.4 Å². The maximum Gasteiger partial charge on any atom is 0.410 e. The summed E-state index contributed by atoms with van der Waals surface area (Å²) in [7, 11) is 0. The van der Waals surface area contributed by atoms with E-state index in [0.717, 1.165) is 5.69 Å². The second-order valence-corrected chi connectivity index (χ2v) is 7.26. The number of halogens is 1. The van der Waals surface area contributed by atoms with Crippen LogP contribution in [0.15, 0.2) is 36.5 Å². The largest absolute Gasteiger partial charge is 0.479 e. The third-order valence-corrected chi connectivity index (χ3v) is 4.84. The maximum absolute atomic E-state index is 14.9. The van der Waals surface area contributed by atoms with Crippen molar-refractivity contribution in [2.75, 3.05) is 43.4 Å². The molecule has 1 fully saturated rings. The first-order chi connectivity index (χ1) is 15.3. The van der Waals surface area contributed by atoms with Gasteiger partial charge in [-0.05, 0) is 25.1 Å². The van der Waals surface area contributed by atoms with Gasteiger partial charge >= 0.3 is 18.1 Å². The summed E-state index contributed by atoms with van der Waals surface area (Å²) in [6.07, 6.45) is 0.831. The molecule has 3 rings (SSSR count). The van der Waals surface area contributed by atoms with Gasteiger partial charge in [-0.25, -0.2) is 18.8 Å². The molecule has 170 valence electrons. The number of nitrogens with zero attached hydrogens (tertiary/aromatic N) is 3. The Bertz CT molecular complexity index is 977. The zero-order valence-corrected chi connectivity index (χ0v) is 17.5. The smallest absolute Gasteiger partial charge is 0.410 e. The van der Waals surface area contributed by atoms with Crippen molar-refractivity contribution in [1.29, 1.82) is 0 Å². The van der Waals surface area contributed by atoms with Gasteiger partial charge in [-0.15, -0.1) is 0 Å². The molecule has 0 bridgehead atoms.